The van der Waals surface area contributed by atoms with Gasteiger partial charge in [-0.1, -0.05) is 35.9 Å². The second-order valence-corrected chi connectivity index (χ2v) is 12.0. The number of carbonyl (C=O) groups is 1. The first kappa shape index (κ1) is 24.0. The molecule has 2 N–H and O–H groups in total. The lowest BCUT2D eigenvalue weighted by molar-refractivity contribution is 0.0523. The number of aromatic nitrogens is 3. The predicted octanol–water partition coefficient (Wildman–Crippen LogP) is 3.30. The van der Waals surface area contributed by atoms with Crippen molar-refractivity contribution in [2.45, 2.75) is 48.6 Å². The van der Waals surface area contributed by atoms with Gasteiger partial charge in [0.25, 0.3) is 5.91 Å². The second kappa shape index (κ2) is 9.04. The molecule has 0 unspecified atom stereocenters. The summed E-state index contributed by atoms with van der Waals surface area (Å²) in [5, 5.41) is 9.15. The fourth-order valence-corrected chi connectivity index (χ4v) is 6.29. The van der Waals surface area contributed by atoms with Crippen molar-refractivity contribution in [3.63, 3.8) is 0 Å². The number of nitrogens with zero attached hydrogens (tertiary/aromatic N) is 4. The lowest BCUT2D eigenvalue weighted by Crippen LogP contribution is -2.50. The number of halogens is 1. The maximum atomic E-state index is 13.4. The van der Waals surface area contributed by atoms with Crippen LogP contribution in [0.15, 0.2) is 53.4 Å². The van der Waals surface area contributed by atoms with Crippen molar-refractivity contribution in [2.24, 2.45) is 5.73 Å². The van der Waals surface area contributed by atoms with Crippen molar-refractivity contribution in [1.29, 1.82) is 0 Å². The van der Waals surface area contributed by atoms with Gasteiger partial charge in [0.15, 0.2) is 15.7 Å². The molecule has 1 aliphatic carbocycles. The molecule has 1 aliphatic heterocycles. The van der Waals surface area contributed by atoms with Crippen LogP contribution in [-0.2, 0) is 21.8 Å². The van der Waals surface area contributed by atoms with E-state index in [-0.39, 0.29) is 22.3 Å². The summed E-state index contributed by atoms with van der Waals surface area (Å²) in [5.41, 5.74) is 7.91. The lowest BCUT2D eigenvalue weighted by Gasteiger charge is -2.44. The molecule has 5 rings (SSSR count). The smallest absolute Gasteiger partial charge is 0.292 e. The molecule has 0 saturated heterocycles. The minimum atomic E-state index is -3.35. The molecule has 2 aliphatic rings. The largest absolute Gasteiger partial charge is 0.331 e. The van der Waals surface area contributed by atoms with Crippen LogP contribution in [0.2, 0.25) is 5.02 Å². The van der Waals surface area contributed by atoms with Crippen molar-refractivity contribution in [1.82, 2.24) is 19.7 Å². The fourth-order valence-electron chi connectivity index (χ4n) is 5.43. The maximum Gasteiger partial charge on any atom is 0.292 e. The molecule has 0 radical (unpaired) electrons. The molecule has 1 saturated carbocycles. The zero-order valence-corrected chi connectivity index (χ0v) is 21.1. The summed E-state index contributed by atoms with van der Waals surface area (Å²) in [6.45, 7) is 1.65. The van der Waals surface area contributed by atoms with E-state index in [2.05, 4.69) is 16.3 Å². The number of amides is 1. The fraction of sp³-hybridized carbons (Fsp3) is 0.400. The van der Waals surface area contributed by atoms with E-state index in [0.717, 1.165) is 31.2 Å². The average Bonchev–Trinajstić information content (AvgIpc) is 3.29. The Morgan fingerprint density at radius 1 is 1.06 bits per heavy atom. The van der Waals surface area contributed by atoms with Crippen LogP contribution >= 0.6 is 11.6 Å². The first-order valence-electron chi connectivity index (χ1n) is 11.7. The summed E-state index contributed by atoms with van der Waals surface area (Å²) >= 11 is 6.24. The Morgan fingerprint density at radius 3 is 2.46 bits per heavy atom. The minimum absolute atomic E-state index is 0.115. The molecule has 1 aromatic heterocycles. The quantitative estimate of drug-likeness (QED) is 0.560. The van der Waals surface area contributed by atoms with Gasteiger partial charge in [0.2, 0.25) is 5.82 Å². The molecule has 1 fully saturated rings. The van der Waals surface area contributed by atoms with Gasteiger partial charge in [-0.2, -0.15) is 0 Å². The number of rotatable bonds is 5. The maximum absolute atomic E-state index is 13.4. The van der Waals surface area contributed by atoms with Gasteiger partial charge in [-0.3, -0.25) is 4.79 Å². The van der Waals surface area contributed by atoms with Crippen LogP contribution in [0.1, 0.15) is 41.9 Å². The van der Waals surface area contributed by atoms with Crippen LogP contribution in [0, 0.1) is 0 Å². The molecule has 2 heterocycles. The van der Waals surface area contributed by atoms with Gasteiger partial charge >= 0.3 is 0 Å². The first-order chi connectivity index (χ1) is 16.7. The van der Waals surface area contributed by atoms with Crippen LogP contribution in [-0.4, -0.2) is 59.4 Å². The Morgan fingerprint density at radius 2 is 1.77 bits per heavy atom. The molecule has 35 heavy (non-hydrogen) atoms. The molecule has 8 nitrogen and oxygen atoms in total. The third-order valence-electron chi connectivity index (χ3n) is 7.47. The van der Waals surface area contributed by atoms with Gasteiger partial charge in [0, 0.05) is 47.9 Å². The van der Waals surface area contributed by atoms with Crippen LogP contribution in [0.3, 0.4) is 0 Å². The molecule has 0 spiro atoms. The van der Waals surface area contributed by atoms with Crippen molar-refractivity contribution >= 4 is 27.3 Å². The third-order valence-corrected chi connectivity index (χ3v) is 8.81. The molecule has 2 aromatic carbocycles. The SMILES string of the molecule is CS(=O)(=O)c1cccc(-c2nnc3n2CCN([C@H]2CC[C@](CN)(c4cccc(Cl)c4)CC2)C3=O)c1. The summed E-state index contributed by atoms with van der Waals surface area (Å²) in [6, 6.07) is 14.6. The van der Waals surface area contributed by atoms with E-state index in [1.54, 1.807) is 28.8 Å². The van der Waals surface area contributed by atoms with Crippen molar-refractivity contribution in [3.8, 4) is 11.4 Å². The Bertz CT molecular complexity index is 1380. The van der Waals surface area contributed by atoms with E-state index >= 15 is 0 Å². The molecule has 1 amide bonds. The van der Waals surface area contributed by atoms with E-state index in [4.69, 9.17) is 17.3 Å². The summed E-state index contributed by atoms with van der Waals surface area (Å²) in [6.07, 6.45) is 4.64. The Labute approximate surface area is 210 Å². The number of hydrogen-bond donors (Lipinski definition) is 1. The van der Waals surface area contributed by atoms with E-state index in [1.165, 1.54) is 6.26 Å². The van der Waals surface area contributed by atoms with E-state index in [9.17, 15) is 13.2 Å². The van der Waals surface area contributed by atoms with E-state index in [0.29, 0.717) is 41.9 Å². The average molecular weight is 514 g/mol. The minimum Gasteiger partial charge on any atom is -0.331 e. The van der Waals surface area contributed by atoms with Gasteiger partial charge in [0.1, 0.15) is 0 Å². The molecule has 3 aromatic rings. The molecular weight excluding hydrogens is 486 g/mol. The summed E-state index contributed by atoms with van der Waals surface area (Å²) in [7, 11) is -3.35. The van der Waals surface area contributed by atoms with Crippen LogP contribution in [0.5, 0.6) is 0 Å². The molecule has 10 heteroatoms. The predicted molar refractivity (Wildman–Crippen MR) is 134 cm³/mol. The normalized spacial score (nSPS) is 22.8. The zero-order valence-electron chi connectivity index (χ0n) is 19.5. The zero-order chi connectivity index (χ0) is 24.8. The molecular formula is C25H28ClN5O3S. The van der Waals surface area contributed by atoms with Crippen LogP contribution in [0.4, 0.5) is 0 Å². The summed E-state index contributed by atoms with van der Waals surface area (Å²) in [4.78, 5) is 15.5. The molecule has 0 atom stereocenters. The van der Waals surface area contributed by atoms with Gasteiger partial charge in [-0.05, 0) is 55.5 Å². The van der Waals surface area contributed by atoms with Crippen LogP contribution in [0.25, 0.3) is 11.4 Å². The van der Waals surface area contributed by atoms with Gasteiger partial charge in [0.05, 0.1) is 4.90 Å². The third kappa shape index (κ3) is 4.37. The molecule has 0 bridgehead atoms. The van der Waals surface area contributed by atoms with Gasteiger partial charge in [-0.25, -0.2) is 8.42 Å². The standard InChI is InChI=1S/C25H28ClN5O3S/c1-35(33,34)21-7-2-4-17(14-21)22-28-29-23-24(32)30(12-13-31(22)23)20-8-10-25(16-27,11-9-20)18-5-3-6-19(26)15-18/h2-7,14-15,20H,8-13,16,27H2,1H3/t20-,25-. The lowest BCUT2D eigenvalue weighted by atomic mass is 9.68. The summed E-state index contributed by atoms with van der Waals surface area (Å²) < 4.78 is 25.7. The monoisotopic (exact) mass is 513 g/mol. The van der Waals surface area contributed by atoms with Crippen LogP contribution < -0.4 is 5.73 Å². The number of sulfone groups is 1. The van der Waals surface area contributed by atoms with Gasteiger partial charge < -0.3 is 15.2 Å². The number of hydrogen-bond acceptors (Lipinski definition) is 6. The van der Waals surface area contributed by atoms with E-state index < -0.39 is 9.84 Å². The van der Waals surface area contributed by atoms with Gasteiger partial charge in [-0.15, -0.1) is 10.2 Å². The second-order valence-electron chi connectivity index (χ2n) is 9.52. The Hall–Kier alpha value is -2.75. The van der Waals surface area contributed by atoms with Crippen molar-refractivity contribution in [2.75, 3.05) is 19.3 Å². The Kier molecular flexibility index (Phi) is 6.19. The highest BCUT2D eigenvalue weighted by Gasteiger charge is 2.41. The number of nitrogens with two attached hydrogens (primary N) is 1. The highest BCUT2D eigenvalue weighted by atomic mass is 35.5. The first-order valence-corrected chi connectivity index (χ1v) is 14.0. The molecule has 184 valence electrons. The Balaban J connectivity index is 1.35. The highest BCUT2D eigenvalue weighted by molar-refractivity contribution is 7.90. The van der Waals surface area contributed by atoms with Crippen molar-refractivity contribution < 1.29 is 13.2 Å². The number of benzene rings is 2. The number of carbonyl (C=O) groups excluding carboxylic acids is 1. The number of fused-ring (bicyclic) bond motifs is 1. The topological polar surface area (TPSA) is 111 Å². The van der Waals surface area contributed by atoms with Crippen molar-refractivity contribution in [3.05, 3.63) is 64.9 Å². The highest BCUT2D eigenvalue weighted by Crippen LogP contribution is 2.41. The summed E-state index contributed by atoms with van der Waals surface area (Å²) in [5.74, 6) is 0.661. The van der Waals surface area contributed by atoms with E-state index in [1.807, 2.05) is 23.1 Å².